The molecule has 0 saturated carbocycles. The van der Waals surface area contributed by atoms with Gasteiger partial charge in [-0.05, 0) is 55.0 Å². The van der Waals surface area contributed by atoms with Gasteiger partial charge in [-0.2, -0.15) is 0 Å². The van der Waals surface area contributed by atoms with Crippen LogP contribution in [0, 0.1) is 6.92 Å². The number of amides is 2. The molecule has 0 aromatic heterocycles. The molecule has 2 N–H and O–H groups in total. The normalized spacial score (nSPS) is 10.1. The van der Waals surface area contributed by atoms with Crippen LogP contribution in [0.1, 0.15) is 26.3 Å². The van der Waals surface area contributed by atoms with Crippen molar-refractivity contribution in [3.8, 4) is 5.75 Å². The predicted molar refractivity (Wildman–Crippen MR) is 107 cm³/mol. The lowest BCUT2D eigenvalue weighted by Crippen LogP contribution is -2.14. The van der Waals surface area contributed by atoms with Gasteiger partial charge in [0.15, 0.2) is 0 Å². The van der Waals surface area contributed by atoms with E-state index in [4.69, 9.17) is 4.74 Å². The smallest absolute Gasteiger partial charge is 0.255 e. The number of nitrogens with one attached hydrogen (secondary N) is 2. The molecule has 27 heavy (non-hydrogen) atoms. The van der Waals surface area contributed by atoms with E-state index in [1.54, 1.807) is 67.8 Å². The molecular formula is C22H20N2O3. The van der Waals surface area contributed by atoms with E-state index in [2.05, 4.69) is 10.6 Å². The van der Waals surface area contributed by atoms with Crippen molar-refractivity contribution in [1.82, 2.24) is 0 Å². The van der Waals surface area contributed by atoms with E-state index in [9.17, 15) is 9.59 Å². The zero-order valence-electron chi connectivity index (χ0n) is 15.2. The van der Waals surface area contributed by atoms with E-state index in [0.29, 0.717) is 28.3 Å². The summed E-state index contributed by atoms with van der Waals surface area (Å²) in [6.07, 6.45) is 0. The molecule has 2 amide bonds. The van der Waals surface area contributed by atoms with E-state index in [1.807, 2.05) is 19.1 Å². The van der Waals surface area contributed by atoms with Gasteiger partial charge in [-0.25, -0.2) is 0 Å². The van der Waals surface area contributed by atoms with E-state index in [0.717, 1.165) is 5.56 Å². The second kappa shape index (κ2) is 8.19. The minimum atomic E-state index is -0.250. The van der Waals surface area contributed by atoms with Crippen LogP contribution >= 0.6 is 0 Å². The fourth-order valence-electron chi connectivity index (χ4n) is 2.63. The molecule has 0 unspecified atom stereocenters. The van der Waals surface area contributed by atoms with Gasteiger partial charge in [-0.15, -0.1) is 0 Å². The number of methoxy groups -OCH3 is 1. The molecule has 5 heteroatoms. The van der Waals surface area contributed by atoms with Crippen molar-refractivity contribution in [2.75, 3.05) is 17.7 Å². The highest BCUT2D eigenvalue weighted by Gasteiger charge is 2.10. The first-order chi connectivity index (χ1) is 13.1. The molecule has 136 valence electrons. The highest BCUT2D eigenvalue weighted by Crippen LogP contribution is 2.21. The van der Waals surface area contributed by atoms with Gasteiger partial charge in [0.05, 0.1) is 7.11 Å². The molecule has 3 aromatic carbocycles. The van der Waals surface area contributed by atoms with Crippen LogP contribution < -0.4 is 15.4 Å². The zero-order valence-corrected chi connectivity index (χ0v) is 15.2. The van der Waals surface area contributed by atoms with Gasteiger partial charge in [-0.1, -0.05) is 30.3 Å². The Morgan fingerprint density at radius 2 is 1.37 bits per heavy atom. The summed E-state index contributed by atoms with van der Waals surface area (Å²) >= 11 is 0. The van der Waals surface area contributed by atoms with E-state index in [1.165, 1.54) is 0 Å². The highest BCUT2D eigenvalue weighted by molar-refractivity contribution is 6.06. The quantitative estimate of drug-likeness (QED) is 0.703. The molecule has 0 heterocycles. The van der Waals surface area contributed by atoms with Crippen LogP contribution in [-0.4, -0.2) is 18.9 Å². The van der Waals surface area contributed by atoms with E-state index >= 15 is 0 Å². The predicted octanol–water partition coefficient (Wildman–Crippen LogP) is 4.51. The lowest BCUT2D eigenvalue weighted by Gasteiger charge is -2.10. The topological polar surface area (TPSA) is 67.4 Å². The van der Waals surface area contributed by atoms with Crippen LogP contribution in [0.2, 0.25) is 0 Å². The number of anilines is 2. The lowest BCUT2D eigenvalue weighted by molar-refractivity contribution is 0.101. The van der Waals surface area contributed by atoms with E-state index < -0.39 is 0 Å². The molecule has 0 saturated heterocycles. The number of hydrogen-bond acceptors (Lipinski definition) is 3. The summed E-state index contributed by atoms with van der Waals surface area (Å²) in [6, 6.07) is 21.3. The van der Waals surface area contributed by atoms with Crippen molar-refractivity contribution >= 4 is 23.2 Å². The Bertz CT molecular complexity index is 968. The van der Waals surface area contributed by atoms with Gasteiger partial charge < -0.3 is 15.4 Å². The third-order valence-electron chi connectivity index (χ3n) is 4.08. The summed E-state index contributed by atoms with van der Waals surface area (Å²) in [6.45, 7) is 1.92. The van der Waals surface area contributed by atoms with Crippen LogP contribution in [0.15, 0.2) is 72.8 Å². The number of carbonyl (C=O) groups excluding carboxylic acids is 2. The van der Waals surface area contributed by atoms with Gasteiger partial charge in [-0.3, -0.25) is 9.59 Å². The Balaban J connectivity index is 1.72. The van der Waals surface area contributed by atoms with Crippen LogP contribution in [0.25, 0.3) is 0 Å². The Kier molecular flexibility index (Phi) is 5.52. The second-order valence-corrected chi connectivity index (χ2v) is 6.04. The summed E-state index contributed by atoms with van der Waals surface area (Å²) in [4.78, 5) is 24.8. The van der Waals surface area contributed by atoms with Crippen LogP contribution in [0.4, 0.5) is 11.4 Å². The highest BCUT2D eigenvalue weighted by atomic mass is 16.5. The molecule has 0 bridgehead atoms. The van der Waals surface area contributed by atoms with Crippen molar-refractivity contribution in [3.63, 3.8) is 0 Å². The molecule has 0 spiro atoms. The minimum Gasteiger partial charge on any atom is -0.496 e. The zero-order chi connectivity index (χ0) is 19.2. The lowest BCUT2D eigenvalue weighted by atomic mass is 10.1. The molecule has 0 atom stereocenters. The first-order valence-electron chi connectivity index (χ1n) is 8.49. The molecule has 0 aliphatic rings. The average molecular weight is 360 g/mol. The Morgan fingerprint density at radius 3 is 2.00 bits per heavy atom. The largest absolute Gasteiger partial charge is 0.496 e. The first-order valence-corrected chi connectivity index (χ1v) is 8.49. The maximum atomic E-state index is 12.5. The van der Waals surface area contributed by atoms with Gasteiger partial charge in [0.2, 0.25) is 0 Å². The number of ether oxygens (including phenoxy) is 1. The Hall–Kier alpha value is -3.60. The maximum Gasteiger partial charge on any atom is 0.255 e. The van der Waals surface area contributed by atoms with Gasteiger partial charge >= 0.3 is 0 Å². The summed E-state index contributed by atoms with van der Waals surface area (Å²) < 4.78 is 5.26. The number of rotatable bonds is 5. The third kappa shape index (κ3) is 4.52. The van der Waals surface area contributed by atoms with Crippen molar-refractivity contribution in [2.24, 2.45) is 0 Å². The minimum absolute atomic E-state index is 0.206. The Morgan fingerprint density at radius 1 is 0.741 bits per heavy atom. The monoisotopic (exact) mass is 360 g/mol. The van der Waals surface area contributed by atoms with Crippen LogP contribution in [0.5, 0.6) is 5.75 Å². The SMILES string of the molecule is COc1cc(C(=O)Nc2cccc(NC(=O)c3ccccc3)c2)ccc1C. The van der Waals surface area contributed by atoms with Crippen LogP contribution in [-0.2, 0) is 0 Å². The third-order valence-corrected chi connectivity index (χ3v) is 4.08. The number of aryl methyl sites for hydroxylation is 1. The summed E-state index contributed by atoms with van der Waals surface area (Å²) in [5.41, 5.74) is 3.21. The Labute approximate surface area is 158 Å². The number of benzene rings is 3. The maximum absolute atomic E-state index is 12.5. The number of hydrogen-bond donors (Lipinski definition) is 2. The molecule has 3 rings (SSSR count). The molecule has 0 fully saturated rings. The van der Waals surface area contributed by atoms with Crippen LogP contribution in [0.3, 0.4) is 0 Å². The van der Waals surface area contributed by atoms with Gasteiger partial charge in [0.25, 0.3) is 11.8 Å². The number of carbonyl (C=O) groups is 2. The standard InChI is InChI=1S/C22H20N2O3/c1-15-11-12-17(13-20(15)27-2)22(26)24-19-10-6-9-18(14-19)23-21(25)16-7-4-3-5-8-16/h3-14H,1-2H3,(H,23,25)(H,24,26). The molecule has 5 nitrogen and oxygen atoms in total. The first kappa shape index (κ1) is 18.2. The van der Waals surface area contributed by atoms with E-state index in [-0.39, 0.29) is 11.8 Å². The molecule has 3 aromatic rings. The summed E-state index contributed by atoms with van der Waals surface area (Å²) in [5, 5.41) is 5.66. The second-order valence-electron chi connectivity index (χ2n) is 6.04. The van der Waals surface area contributed by atoms with Crippen molar-refractivity contribution in [3.05, 3.63) is 89.5 Å². The molecule has 0 aliphatic carbocycles. The molecule has 0 radical (unpaired) electrons. The van der Waals surface area contributed by atoms with Crippen molar-refractivity contribution in [2.45, 2.75) is 6.92 Å². The summed E-state index contributed by atoms with van der Waals surface area (Å²) in [5.74, 6) is 0.203. The van der Waals surface area contributed by atoms with Crippen molar-refractivity contribution < 1.29 is 14.3 Å². The summed E-state index contributed by atoms with van der Waals surface area (Å²) in [7, 11) is 1.57. The fourth-order valence-corrected chi connectivity index (χ4v) is 2.63. The fraction of sp³-hybridized carbons (Fsp3) is 0.0909. The molecule has 0 aliphatic heterocycles. The van der Waals surface area contributed by atoms with Gasteiger partial charge in [0.1, 0.15) is 5.75 Å². The van der Waals surface area contributed by atoms with Gasteiger partial charge in [0, 0.05) is 22.5 Å². The molecular weight excluding hydrogens is 340 g/mol. The van der Waals surface area contributed by atoms with Crippen molar-refractivity contribution in [1.29, 1.82) is 0 Å². The average Bonchev–Trinajstić information content (AvgIpc) is 2.69.